The van der Waals surface area contributed by atoms with E-state index in [1.165, 1.54) is 0 Å². The first-order chi connectivity index (χ1) is 12.0. The van der Waals surface area contributed by atoms with E-state index in [-0.39, 0.29) is 16.7 Å². The van der Waals surface area contributed by atoms with Gasteiger partial charge in [-0.3, -0.25) is 9.79 Å². The average molecular weight is 378 g/mol. The summed E-state index contributed by atoms with van der Waals surface area (Å²) in [6.45, 7) is 1.90. The van der Waals surface area contributed by atoms with Crippen molar-refractivity contribution < 1.29 is 13.2 Å². The Morgan fingerprint density at radius 1 is 1.32 bits per heavy atom. The van der Waals surface area contributed by atoms with Crippen molar-refractivity contribution in [2.45, 2.75) is 17.7 Å². The van der Waals surface area contributed by atoms with E-state index in [9.17, 15) is 13.2 Å². The first-order valence-electron chi connectivity index (χ1n) is 8.22. The number of nitrogens with zero attached hydrogens (tertiary/aromatic N) is 3. The molecule has 0 aromatic heterocycles. The summed E-state index contributed by atoms with van der Waals surface area (Å²) in [6.07, 6.45) is 1.60. The highest BCUT2D eigenvalue weighted by atomic mass is 32.2. The third-order valence-electron chi connectivity index (χ3n) is 4.52. The molecule has 0 spiro atoms. The monoisotopic (exact) mass is 378 g/mol. The molecule has 3 aliphatic heterocycles. The molecule has 1 N–H and O–H groups in total. The molecule has 1 amide bonds. The van der Waals surface area contributed by atoms with E-state index < -0.39 is 10.0 Å². The van der Waals surface area contributed by atoms with Crippen LogP contribution >= 0.6 is 11.8 Å². The predicted molar refractivity (Wildman–Crippen MR) is 97.4 cm³/mol. The summed E-state index contributed by atoms with van der Waals surface area (Å²) in [7, 11) is -3.64. The number of benzene rings is 1. The maximum absolute atomic E-state index is 12.5. The number of sulfonamides is 1. The van der Waals surface area contributed by atoms with Crippen molar-refractivity contribution in [1.29, 1.82) is 0 Å². The van der Waals surface area contributed by atoms with Crippen LogP contribution in [0.4, 0.5) is 0 Å². The van der Waals surface area contributed by atoms with Crippen LogP contribution in [-0.4, -0.2) is 55.6 Å². The van der Waals surface area contributed by atoms with Crippen LogP contribution < -0.4 is 5.32 Å². The minimum absolute atomic E-state index is 0.0485. The smallest absolute Gasteiger partial charge is 0.285 e. The van der Waals surface area contributed by atoms with E-state index in [1.807, 2.05) is 4.90 Å². The molecule has 1 fully saturated rings. The van der Waals surface area contributed by atoms with Crippen molar-refractivity contribution >= 4 is 38.7 Å². The van der Waals surface area contributed by atoms with E-state index >= 15 is 0 Å². The highest BCUT2D eigenvalue weighted by Crippen LogP contribution is 2.29. The summed E-state index contributed by atoms with van der Waals surface area (Å²) >= 11 is 1.55. The van der Waals surface area contributed by atoms with E-state index in [2.05, 4.69) is 14.7 Å². The van der Waals surface area contributed by atoms with Gasteiger partial charge in [-0.2, -0.15) is 8.42 Å². The molecular weight excluding hydrogens is 360 g/mol. The van der Waals surface area contributed by atoms with Crippen molar-refractivity contribution in [2.75, 3.05) is 25.4 Å². The van der Waals surface area contributed by atoms with Gasteiger partial charge in [0, 0.05) is 24.4 Å². The van der Waals surface area contributed by atoms with Gasteiger partial charge in [-0.05, 0) is 25.0 Å². The summed E-state index contributed by atoms with van der Waals surface area (Å²) in [6, 6.07) is 6.84. The Balaban J connectivity index is 1.53. The largest absolute Gasteiger partial charge is 0.355 e. The molecule has 25 heavy (non-hydrogen) atoms. The van der Waals surface area contributed by atoms with E-state index in [0.29, 0.717) is 29.7 Å². The van der Waals surface area contributed by atoms with Crippen LogP contribution in [0.1, 0.15) is 18.4 Å². The maximum atomic E-state index is 12.5. The Morgan fingerprint density at radius 3 is 2.96 bits per heavy atom. The zero-order valence-electron chi connectivity index (χ0n) is 13.5. The second-order valence-electron chi connectivity index (χ2n) is 6.20. The zero-order chi connectivity index (χ0) is 17.4. The zero-order valence-corrected chi connectivity index (χ0v) is 15.1. The van der Waals surface area contributed by atoms with Gasteiger partial charge in [-0.1, -0.05) is 23.9 Å². The number of aliphatic imine (C=N–C) groups is 1. The van der Waals surface area contributed by atoms with Gasteiger partial charge in [-0.25, -0.2) is 0 Å². The number of carbonyl (C=O) groups excluding carboxylic acids is 1. The van der Waals surface area contributed by atoms with Gasteiger partial charge in [0.15, 0.2) is 11.0 Å². The molecular formula is C16H18N4O3S2. The molecule has 9 heteroatoms. The lowest BCUT2D eigenvalue weighted by molar-refractivity contribution is -0.124. The average Bonchev–Trinajstić information content (AvgIpc) is 3.21. The van der Waals surface area contributed by atoms with Gasteiger partial charge >= 0.3 is 0 Å². The lowest BCUT2D eigenvalue weighted by Gasteiger charge is -2.33. The Morgan fingerprint density at radius 2 is 2.16 bits per heavy atom. The standard InChI is InChI=1S/C16H18N4O3S2/c21-15(18-16-17-7-9-24-16)11-4-3-8-20(10-11)14-12-5-1-2-6-13(12)25(22,23)19-14/h1-2,5-6,11H,3-4,7-10H2,(H,17,18,21). The minimum atomic E-state index is -3.64. The Hall–Kier alpha value is -1.87. The van der Waals surface area contributed by atoms with Crippen LogP contribution in [0.15, 0.2) is 38.6 Å². The quantitative estimate of drug-likeness (QED) is 0.789. The van der Waals surface area contributed by atoms with Gasteiger partial charge in [0.2, 0.25) is 5.91 Å². The number of likely N-dealkylation sites (tertiary alicyclic amines) is 1. The molecule has 1 saturated heterocycles. The number of hydrogen-bond donors (Lipinski definition) is 1. The van der Waals surface area contributed by atoms with Crippen molar-refractivity contribution in [3.8, 4) is 0 Å². The number of hydrogen-bond acceptors (Lipinski definition) is 6. The fraction of sp³-hybridized carbons (Fsp3) is 0.438. The fourth-order valence-corrected chi connectivity index (χ4v) is 5.28. The second kappa shape index (κ2) is 6.45. The Kier molecular flexibility index (Phi) is 4.28. The van der Waals surface area contributed by atoms with Gasteiger partial charge < -0.3 is 10.2 Å². The first-order valence-corrected chi connectivity index (χ1v) is 10.6. The molecule has 1 unspecified atom stereocenters. The summed E-state index contributed by atoms with van der Waals surface area (Å²) in [4.78, 5) is 18.9. The van der Waals surface area contributed by atoms with Crippen molar-refractivity contribution in [1.82, 2.24) is 10.2 Å². The summed E-state index contributed by atoms with van der Waals surface area (Å²) < 4.78 is 28.4. The molecule has 132 valence electrons. The molecule has 3 heterocycles. The lowest BCUT2D eigenvalue weighted by Crippen LogP contribution is -2.46. The topological polar surface area (TPSA) is 91.2 Å². The van der Waals surface area contributed by atoms with Crippen molar-refractivity contribution in [3.63, 3.8) is 0 Å². The summed E-state index contributed by atoms with van der Waals surface area (Å²) in [5.74, 6) is 1.11. The minimum Gasteiger partial charge on any atom is -0.355 e. The molecule has 4 rings (SSSR count). The molecule has 1 aromatic carbocycles. The molecule has 0 bridgehead atoms. The number of nitrogens with one attached hydrogen (secondary N) is 1. The van der Waals surface area contributed by atoms with E-state index in [0.717, 1.165) is 25.1 Å². The number of piperidine rings is 1. The molecule has 0 radical (unpaired) electrons. The van der Waals surface area contributed by atoms with Crippen molar-refractivity contribution in [3.05, 3.63) is 29.8 Å². The molecule has 3 aliphatic rings. The van der Waals surface area contributed by atoms with Crippen LogP contribution in [0, 0.1) is 5.92 Å². The summed E-state index contributed by atoms with van der Waals surface area (Å²) in [5.41, 5.74) is 0.624. The molecule has 1 atom stereocenters. The van der Waals surface area contributed by atoms with Crippen LogP contribution in [0.3, 0.4) is 0 Å². The third-order valence-corrected chi connectivity index (χ3v) is 6.74. The van der Waals surface area contributed by atoms with E-state index in [4.69, 9.17) is 0 Å². The SMILES string of the molecule is O=C(NC1=NCCS1)C1CCCN(C2=NS(=O)(=O)c3ccccc32)C1. The molecule has 0 aliphatic carbocycles. The normalized spacial score (nSPS) is 24.5. The number of carbonyl (C=O) groups is 1. The lowest BCUT2D eigenvalue weighted by atomic mass is 9.96. The maximum Gasteiger partial charge on any atom is 0.285 e. The third kappa shape index (κ3) is 3.18. The van der Waals surface area contributed by atoms with Crippen LogP contribution in [0.5, 0.6) is 0 Å². The van der Waals surface area contributed by atoms with Crippen molar-refractivity contribution in [2.24, 2.45) is 15.3 Å². The fourth-order valence-electron chi connectivity index (χ4n) is 3.32. The van der Waals surface area contributed by atoms with Gasteiger partial charge in [0.05, 0.1) is 12.5 Å². The van der Waals surface area contributed by atoms with Gasteiger partial charge in [-0.15, -0.1) is 4.40 Å². The number of fused-ring (bicyclic) bond motifs is 1. The van der Waals surface area contributed by atoms with Crippen LogP contribution in [-0.2, 0) is 14.8 Å². The van der Waals surface area contributed by atoms with Gasteiger partial charge in [0.25, 0.3) is 10.0 Å². The summed E-state index contributed by atoms with van der Waals surface area (Å²) in [5, 5.41) is 3.57. The Labute approximate surface area is 150 Å². The number of thioether (sulfide) groups is 1. The Bertz CT molecular complexity index is 879. The molecule has 7 nitrogen and oxygen atoms in total. The highest BCUT2D eigenvalue weighted by Gasteiger charge is 2.35. The number of rotatable bonds is 1. The predicted octanol–water partition coefficient (Wildman–Crippen LogP) is 1.07. The number of amidine groups is 2. The van der Waals surface area contributed by atoms with Crippen LogP contribution in [0.25, 0.3) is 0 Å². The van der Waals surface area contributed by atoms with Crippen LogP contribution in [0.2, 0.25) is 0 Å². The van der Waals surface area contributed by atoms with E-state index in [1.54, 1.807) is 36.0 Å². The molecule has 0 saturated carbocycles. The second-order valence-corrected chi connectivity index (χ2v) is 8.85. The highest BCUT2D eigenvalue weighted by molar-refractivity contribution is 8.14. The first kappa shape index (κ1) is 16.6. The van der Waals surface area contributed by atoms with Gasteiger partial charge in [0.1, 0.15) is 4.90 Å². The number of amides is 1. The molecule has 1 aromatic rings.